The van der Waals surface area contributed by atoms with Crippen LogP contribution in [0.2, 0.25) is 0 Å². The number of aliphatic hydroxyl groups is 1. The van der Waals surface area contributed by atoms with Crippen molar-refractivity contribution in [2.75, 3.05) is 6.61 Å². The fraction of sp³-hybridized carbons (Fsp3) is 0.400. The van der Waals surface area contributed by atoms with Crippen molar-refractivity contribution in [1.82, 2.24) is 0 Å². The lowest BCUT2D eigenvalue weighted by Crippen LogP contribution is -1.89. The van der Waals surface area contributed by atoms with Crippen LogP contribution in [0.3, 0.4) is 0 Å². The first-order chi connectivity index (χ1) is 5.57. The van der Waals surface area contributed by atoms with Gasteiger partial charge < -0.3 is 5.11 Å². The Balaban J connectivity index is 0. The van der Waals surface area contributed by atoms with Crippen LogP contribution in [0.5, 0.6) is 0 Å². The lowest BCUT2D eigenvalue weighted by atomic mass is 10.2. The Bertz CT molecular complexity index is 180. The van der Waals surface area contributed by atoms with Crippen molar-refractivity contribution < 1.29 is 9.50 Å². The summed E-state index contributed by atoms with van der Waals surface area (Å²) in [4.78, 5) is 0. The summed E-state index contributed by atoms with van der Waals surface area (Å²) in [6.07, 6.45) is 1.46. The minimum absolute atomic E-state index is 0.188. The van der Waals surface area contributed by atoms with E-state index in [1.807, 2.05) is 13.8 Å². The van der Waals surface area contributed by atoms with Crippen molar-refractivity contribution in [2.45, 2.75) is 20.8 Å². The van der Waals surface area contributed by atoms with E-state index in [-0.39, 0.29) is 12.2 Å². The summed E-state index contributed by atoms with van der Waals surface area (Å²) in [5.74, 6) is -0.606. The molecule has 0 aromatic heterocycles. The molecule has 0 saturated carbocycles. The maximum absolute atomic E-state index is 12.3. The van der Waals surface area contributed by atoms with E-state index in [0.717, 1.165) is 0 Å². The van der Waals surface area contributed by atoms with Crippen LogP contribution in [0.1, 0.15) is 20.8 Å². The van der Waals surface area contributed by atoms with Gasteiger partial charge in [-0.1, -0.05) is 38.7 Å². The van der Waals surface area contributed by atoms with Gasteiger partial charge in [0.1, 0.15) is 5.83 Å². The maximum Gasteiger partial charge on any atom is 0.121 e. The predicted molar refractivity (Wildman–Crippen MR) is 51.6 cm³/mol. The summed E-state index contributed by atoms with van der Waals surface area (Å²) in [6, 6.07) is 0. The molecule has 0 fully saturated rings. The Morgan fingerprint density at radius 1 is 1.42 bits per heavy atom. The van der Waals surface area contributed by atoms with Gasteiger partial charge in [0.25, 0.3) is 0 Å². The number of halogens is 1. The average molecular weight is 172 g/mol. The van der Waals surface area contributed by atoms with Crippen molar-refractivity contribution in [3.8, 4) is 0 Å². The van der Waals surface area contributed by atoms with Gasteiger partial charge in [0.2, 0.25) is 0 Å². The molecule has 0 aliphatic rings. The molecule has 0 atom stereocenters. The van der Waals surface area contributed by atoms with E-state index < -0.39 is 5.83 Å². The lowest BCUT2D eigenvalue weighted by Gasteiger charge is -1.97. The second-order valence-electron chi connectivity index (χ2n) is 2.08. The molecule has 0 radical (unpaired) electrons. The Kier molecular flexibility index (Phi) is 9.36. The molecule has 12 heavy (non-hydrogen) atoms. The third-order valence-corrected chi connectivity index (χ3v) is 0.939. The van der Waals surface area contributed by atoms with E-state index in [9.17, 15) is 4.39 Å². The topological polar surface area (TPSA) is 20.2 Å². The van der Waals surface area contributed by atoms with Crippen LogP contribution in [0.15, 0.2) is 36.2 Å². The summed E-state index contributed by atoms with van der Waals surface area (Å²) in [5.41, 5.74) is 0.885. The third kappa shape index (κ3) is 7.22. The quantitative estimate of drug-likeness (QED) is 0.649. The minimum Gasteiger partial charge on any atom is -0.392 e. The van der Waals surface area contributed by atoms with Crippen LogP contribution in [0, 0.1) is 0 Å². The molecular weight excluding hydrogens is 155 g/mol. The number of rotatable bonds is 3. The zero-order chi connectivity index (χ0) is 10.1. The highest BCUT2D eigenvalue weighted by atomic mass is 19.1. The monoisotopic (exact) mass is 172 g/mol. The van der Waals surface area contributed by atoms with Crippen molar-refractivity contribution in [2.24, 2.45) is 0 Å². The first-order valence-electron chi connectivity index (χ1n) is 3.89. The highest BCUT2D eigenvalue weighted by Gasteiger charge is 1.97. The summed E-state index contributed by atoms with van der Waals surface area (Å²) < 4.78 is 12.3. The highest BCUT2D eigenvalue weighted by molar-refractivity contribution is 5.30. The molecule has 0 spiro atoms. The van der Waals surface area contributed by atoms with Gasteiger partial charge in [0.15, 0.2) is 0 Å². The zero-order valence-corrected chi connectivity index (χ0v) is 8.02. The van der Waals surface area contributed by atoms with Crippen molar-refractivity contribution in [1.29, 1.82) is 0 Å². The SMILES string of the molecule is C=C(C)/C=C(/CO)C(=C)F.CC. The van der Waals surface area contributed by atoms with Gasteiger partial charge in [-0.2, -0.15) is 0 Å². The zero-order valence-electron chi connectivity index (χ0n) is 8.02. The van der Waals surface area contributed by atoms with Crippen molar-refractivity contribution in [3.05, 3.63) is 36.2 Å². The molecule has 0 saturated heterocycles. The minimum atomic E-state index is -0.606. The molecule has 1 N–H and O–H groups in total. The Hall–Kier alpha value is -0.890. The Morgan fingerprint density at radius 3 is 1.92 bits per heavy atom. The number of aliphatic hydroxyl groups excluding tert-OH is 1. The fourth-order valence-corrected chi connectivity index (χ4v) is 0.507. The number of hydrogen-bond acceptors (Lipinski definition) is 1. The summed E-state index contributed by atoms with van der Waals surface area (Å²) in [7, 11) is 0. The van der Waals surface area contributed by atoms with Gasteiger partial charge in [0, 0.05) is 5.57 Å². The van der Waals surface area contributed by atoms with Gasteiger partial charge in [-0.3, -0.25) is 0 Å². The third-order valence-electron chi connectivity index (χ3n) is 0.939. The molecule has 1 nitrogen and oxygen atoms in total. The van der Waals surface area contributed by atoms with Gasteiger partial charge in [-0.05, 0) is 6.92 Å². The Morgan fingerprint density at radius 2 is 1.83 bits per heavy atom. The molecule has 0 aromatic rings. The van der Waals surface area contributed by atoms with Crippen LogP contribution in [0.25, 0.3) is 0 Å². The van der Waals surface area contributed by atoms with E-state index in [4.69, 9.17) is 5.11 Å². The van der Waals surface area contributed by atoms with Crippen LogP contribution < -0.4 is 0 Å². The van der Waals surface area contributed by atoms with E-state index in [1.54, 1.807) is 6.92 Å². The fourth-order valence-electron chi connectivity index (χ4n) is 0.507. The van der Waals surface area contributed by atoms with Crippen molar-refractivity contribution >= 4 is 0 Å². The van der Waals surface area contributed by atoms with E-state index in [1.165, 1.54) is 6.08 Å². The Labute approximate surface area is 73.9 Å². The van der Waals surface area contributed by atoms with Crippen LogP contribution in [-0.2, 0) is 0 Å². The molecule has 0 bridgehead atoms. The van der Waals surface area contributed by atoms with Gasteiger partial charge >= 0.3 is 0 Å². The molecular formula is C10H17FO. The molecule has 2 heteroatoms. The maximum atomic E-state index is 12.3. The largest absolute Gasteiger partial charge is 0.392 e. The van der Waals surface area contributed by atoms with Gasteiger partial charge in [-0.25, -0.2) is 4.39 Å². The highest BCUT2D eigenvalue weighted by Crippen LogP contribution is 2.09. The predicted octanol–water partition coefficient (Wildman–Crippen LogP) is 2.99. The van der Waals surface area contributed by atoms with Crippen LogP contribution in [-0.4, -0.2) is 11.7 Å². The van der Waals surface area contributed by atoms with E-state index in [0.29, 0.717) is 5.57 Å². The first kappa shape index (κ1) is 13.7. The number of hydrogen-bond donors (Lipinski definition) is 1. The molecule has 0 amide bonds. The molecule has 70 valence electrons. The summed E-state index contributed by atoms with van der Waals surface area (Å²) in [6.45, 7) is 12.0. The second kappa shape index (κ2) is 8.21. The smallest absolute Gasteiger partial charge is 0.121 e. The van der Waals surface area contributed by atoms with Crippen LogP contribution in [0.4, 0.5) is 4.39 Å². The van der Waals surface area contributed by atoms with Crippen molar-refractivity contribution in [3.63, 3.8) is 0 Å². The first-order valence-corrected chi connectivity index (χ1v) is 3.89. The molecule has 0 heterocycles. The second-order valence-corrected chi connectivity index (χ2v) is 2.08. The molecule has 0 aliphatic carbocycles. The average Bonchev–Trinajstić information content (AvgIpc) is 2.03. The molecule has 0 unspecified atom stereocenters. The number of allylic oxidation sites excluding steroid dienone is 2. The molecule has 0 rings (SSSR count). The van der Waals surface area contributed by atoms with Gasteiger partial charge in [0.05, 0.1) is 6.61 Å². The molecule has 0 aromatic carbocycles. The standard InChI is InChI=1S/C8H11FO.C2H6/c1-6(2)4-8(5-10)7(3)9;1-2/h4,10H,1,3,5H2,2H3;1-2H3/b8-4-;. The summed E-state index contributed by atoms with van der Waals surface area (Å²) >= 11 is 0. The normalized spacial score (nSPS) is 9.92. The lowest BCUT2D eigenvalue weighted by molar-refractivity contribution is 0.328. The van der Waals surface area contributed by atoms with E-state index >= 15 is 0 Å². The van der Waals surface area contributed by atoms with E-state index in [2.05, 4.69) is 13.2 Å². The molecule has 0 aliphatic heterocycles. The summed E-state index contributed by atoms with van der Waals surface area (Å²) in [5, 5.41) is 8.54. The van der Waals surface area contributed by atoms with Gasteiger partial charge in [-0.15, -0.1) is 0 Å². The van der Waals surface area contributed by atoms with Crippen LogP contribution >= 0.6 is 0 Å².